The van der Waals surface area contributed by atoms with Gasteiger partial charge in [-0.15, -0.1) is 22.7 Å². The van der Waals surface area contributed by atoms with Gasteiger partial charge >= 0.3 is 0 Å². The molecule has 6 nitrogen and oxygen atoms in total. The van der Waals surface area contributed by atoms with Crippen LogP contribution in [0.2, 0.25) is 0 Å². The Bertz CT molecular complexity index is 838. The van der Waals surface area contributed by atoms with Crippen molar-refractivity contribution in [2.45, 2.75) is 45.1 Å². The number of hydrogen-bond donors (Lipinski definition) is 3. The van der Waals surface area contributed by atoms with E-state index in [4.69, 9.17) is 0 Å². The van der Waals surface area contributed by atoms with Gasteiger partial charge in [0.15, 0.2) is 0 Å². The van der Waals surface area contributed by atoms with Crippen molar-refractivity contribution in [3.8, 4) is 0 Å². The van der Waals surface area contributed by atoms with E-state index in [0.29, 0.717) is 9.75 Å². The van der Waals surface area contributed by atoms with Gasteiger partial charge < -0.3 is 5.32 Å². The summed E-state index contributed by atoms with van der Waals surface area (Å²) in [6.45, 7) is 1.56. The van der Waals surface area contributed by atoms with E-state index in [1.807, 2.05) is 6.07 Å². The maximum atomic E-state index is 12.3. The first-order valence-electron chi connectivity index (χ1n) is 8.72. The number of rotatable bonds is 4. The van der Waals surface area contributed by atoms with Crippen LogP contribution in [-0.2, 0) is 17.6 Å². The fourth-order valence-corrected chi connectivity index (χ4v) is 5.28. The fraction of sp³-hybridized carbons (Fsp3) is 0.389. The average molecular weight is 470 g/mol. The highest BCUT2D eigenvalue weighted by atomic mass is 79.9. The number of amides is 3. The number of thiophene rings is 2. The minimum Gasteiger partial charge on any atom is -0.340 e. The molecule has 0 spiro atoms. The molecule has 27 heavy (non-hydrogen) atoms. The van der Waals surface area contributed by atoms with Crippen molar-refractivity contribution in [2.24, 2.45) is 0 Å². The summed E-state index contributed by atoms with van der Waals surface area (Å²) in [6.07, 6.45) is 5.56. The lowest BCUT2D eigenvalue weighted by Gasteiger charge is -2.13. The van der Waals surface area contributed by atoms with E-state index in [1.54, 1.807) is 19.1 Å². The molecule has 2 heterocycles. The van der Waals surface area contributed by atoms with Gasteiger partial charge in [0.2, 0.25) is 0 Å². The third-order valence-electron chi connectivity index (χ3n) is 4.31. The van der Waals surface area contributed by atoms with Crippen molar-refractivity contribution < 1.29 is 14.4 Å². The van der Waals surface area contributed by atoms with Crippen molar-refractivity contribution in [1.29, 1.82) is 0 Å². The molecule has 0 aliphatic heterocycles. The summed E-state index contributed by atoms with van der Waals surface area (Å²) in [4.78, 5) is 38.9. The van der Waals surface area contributed by atoms with Crippen LogP contribution in [0.1, 0.15) is 56.0 Å². The highest BCUT2D eigenvalue weighted by Crippen LogP contribution is 2.28. The molecule has 0 radical (unpaired) electrons. The second-order valence-corrected chi connectivity index (χ2v) is 9.96. The fourth-order valence-electron chi connectivity index (χ4n) is 2.84. The molecular weight excluding hydrogens is 450 g/mol. The monoisotopic (exact) mass is 469 g/mol. The molecule has 2 aromatic rings. The summed E-state index contributed by atoms with van der Waals surface area (Å²) >= 11 is 6.07. The molecule has 3 amide bonds. The third-order valence-corrected chi connectivity index (χ3v) is 7.17. The predicted molar refractivity (Wildman–Crippen MR) is 110 cm³/mol. The lowest BCUT2D eigenvalue weighted by Crippen LogP contribution is -2.50. The van der Waals surface area contributed by atoms with Crippen LogP contribution in [-0.4, -0.2) is 23.8 Å². The summed E-state index contributed by atoms with van der Waals surface area (Å²) in [5, 5.41) is 2.61. The topological polar surface area (TPSA) is 87.3 Å². The number of hydrogen-bond acceptors (Lipinski definition) is 5. The lowest BCUT2D eigenvalue weighted by molar-refractivity contribution is -0.123. The molecule has 0 saturated heterocycles. The molecule has 0 aromatic carbocycles. The maximum absolute atomic E-state index is 12.3. The Morgan fingerprint density at radius 2 is 1.78 bits per heavy atom. The van der Waals surface area contributed by atoms with E-state index in [1.165, 1.54) is 39.5 Å². The Kier molecular flexibility index (Phi) is 6.67. The Balaban J connectivity index is 1.50. The van der Waals surface area contributed by atoms with Gasteiger partial charge in [0.05, 0.1) is 13.5 Å². The van der Waals surface area contributed by atoms with E-state index in [9.17, 15) is 14.4 Å². The largest absolute Gasteiger partial charge is 0.340 e. The highest BCUT2D eigenvalue weighted by molar-refractivity contribution is 9.11. The summed E-state index contributed by atoms with van der Waals surface area (Å²) in [6, 6.07) is 4.59. The molecule has 3 N–H and O–H groups in total. The van der Waals surface area contributed by atoms with E-state index < -0.39 is 11.9 Å². The SMILES string of the molecule is CC(NC(=O)c1ccc(Br)s1)C(=O)NNC(=O)c1cc2c(s1)CCCCC2. The van der Waals surface area contributed by atoms with Gasteiger partial charge in [-0.1, -0.05) is 6.42 Å². The molecule has 2 aromatic heterocycles. The molecule has 144 valence electrons. The molecule has 1 atom stereocenters. The van der Waals surface area contributed by atoms with Crippen molar-refractivity contribution in [3.63, 3.8) is 0 Å². The zero-order chi connectivity index (χ0) is 19.4. The second kappa shape index (κ2) is 8.99. The summed E-state index contributed by atoms with van der Waals surface area (Å²) < 4.78 is 0.839. The van der Waals surface area contributed by atoms with E-state index in [2.05, 4.69) is 32.1 Å². The zero-order valence-corrected chi connectivity index (χ0v) is 18.0. The van der Waals surface area contributed by atoms with Gasteiger partial charge in [-0.25, -0.2) is 0 Å². The molecule has 1 unspecified atom stereocenters. The van der Waals surface area contributed by atoms with Crippen LogP contribution in [0.4, 0.5) is 0 Å². The standard InChI is InChI=1S/C18H20BrN3O3S2/c1-10(20-17(24)13-7-8-15(19)27-13)16(23)21-22-18(25)14-9-11-5-3-2-4-6-12(11)26-14/h7-10H,2-6H2,1H3,(H,20,24)(H,21,23)(H,22,25). The minimum absolute atomic E-state index is 0.331. The minimum atomic E-state index is -0.779. The van der Waals surface area contributed by atoms with Crippen LogP contribution in [0.5, 0.6) is 0 Å². The van der Waals surface area contributed by atoms with Crippen LogP contribution >= 0.6 is 38.6 Å². The Morgan fingerprint density at radius 1 is 1.00 bits per heavy atom. The van der Waals surface area contributed by atoms with Crippen molar-refractivity contribution >= 4 is 56.3 Å². The van der Waals surface area contributed by atoms with Crippen LogP contribution in [0.3, 0.4) is 0 Å². The zero-order valence-electron chi connectivity index (χ0n) is 14.8. The van der Waals surface area contributed by atoms with Crippen LogP contribution < -0.4 is 16.2 Å². The summed E-state index contributed by atoms with van der Waals surface area (Å²) in [5.74, 6) is -1.14. The maximum Gasteiger partial charge on any atom is 0.279 e. The van der Waals surface area contributed by atoms with Gasteiger partial charge in [-0.05, 0) is 72.3 Å². The quantitative estimate of drug-likeness (QED) is 0.473. The first kappa shape index (κ1) is 20.0. The molecule has 1 aliphatic carbocycles. The molecule has 9 heteroatoms. The lowest BCUT2D eigenvalue weighted by atomic mass is 10.1. The van der Waals surface area contributed by atoms with Gasteiger partial charge in [0.25, 0.3) is 17.7 Å². The smallest absolute Gasteiger partial charge is 0.279 e. The first-order valence-corrected chi connectivity index (χ1v) is 11.1. The first-order chi connectivity index (χ1) is 12.9. The van der Waals surface area contributed by atoms with Gasteiger partial charge in [0, 0.05) is 4.88 Å². The average Bonchev–Trinajstić information content (AvgIpc) is 3.20. The molecule has 1 aliphatic rings. The summed E-state index contributed by atoms with van der Waals surface area (Å²) in [7, 11) is 0. The molecule has 0 bridgehead atoms. The summed E-state index contributed by atoms with van der Waals surface area (Å²) in [5.41, 5.74) is 6.07. The molecule has 3 rings (SSSR count). The molecular formula is C18H20BrN3O3S2. The van der Waals surface area contributed by atoms with Gasteiger partial charge in [-0.3, -0.25) is 25.2 Å². The van der Waals surface area contributed by atoms with Gasteiger partial charge in [-0.2, -0.15) is 0 Å². The Hall–Kier alpha value is -1.71. The van der Waals surface area contributed by atoms with E-state index >= 15 is 0 Å². The van der Waals surface area contributed by atoms with E-state index in [0.717, 1.165) is 29.5 Å². The normalized spacial score (nSPS) is 14.6. The van der Waals surface area contributed by atoms with Crippen molar-refractivity contribution in [1.82, 2.24) is 16.2 Å². The van der Waals surface area contributed by atoms with Crippen LogP contribution in [0.15, 0.2) is 22.0 Å². The predicted octanol–water partition coefficient (Wildman–Crippen LogP) is 3.42. The number of nitrogens with one attached hydrogen (secondary N) is 3. The third kappa shape index (κ3) is 5.18. The number of halogens is 1. The number of carbonyl (C=O) groups is 3. The highest BCUT2D eigenvalue weighted by Gasteiger charge is 2.20. The molecule has 0 saturated carbocycles. The van der Waals surface area contributed by atoms with E-state index in [-0.39, 0.29) is 11.8 Å². The number of carbonyl (C=O) groups excluding carboxylic acids is 3. The van der Waals surface area contributed by atoms with Crippen LogP contribution in [0.25, 0.3) is 0 Å². The van der Waals surface area contributed by atoms with Gasteiger partial charge in [0.1, 0.15) is 6.04 Å². The Morgan fingerprint density at radius 3 is 2.52 bits per heavy atom. The van der Waals surface area contributed by atoms with Crippen molar-refractivity contribution in [2.75, 3.05) is 0 Å². The number of hydrazine groups is 1. The second-order valence-electron chi connectivity index (χ2n) is 6.36. The van der Waals surface area contributed by atoms with Crippen LogP contribution in [0, 0.1) is 0 Å². The number of aryl methyl sites for hydroxylation is 2. The molecule has 0 fully saturated rings. The van der Waals surface area contributed by atoms with Crippen molar-refractivity contribution in [3.05, 3.63) is 42.2 Å². The number of fused-ring (bicyclic) bond motifs is 1. The Labute approximate surface area is 173 Å².